The Morgan fingerprint density at radius 3 is 2.53 bits per heavy atom. The summed E-state index contributed by atoms with van der Waals surface area (Å²) in [5, 5.41) is 7.33. The van der Waals surface area contributed by atoms with E-state index in [4.69, 9.17) is 16.1 Å². The molecule has 0 saturated carbocycles. The van der Waals surface area contributed by atoms with Gasteiger partial charge in [0.1, 0.15) is 16.2 Å². The first-order chi connectivity index (χ1) is 15.2. The molecule has 0 saturated heterocycles. The summed E-state index contributed by atoms with van der Waals surface area (Å²) in [7, 11) is 2.90. The van der Waals surface area contributed by atoms with Crippen molar-refractivity contribution >= 4 is 46.1 Å². The molecular weight excluding hydrogens is 456 g/mol. The Balaban J connectivity index is 1.78. The second-order valence-electron chi connectivity index (χ2n) is 6.92. The number of anilines is 1. The van der Waals surface area contributed by atoms with Gasteiger partial charge in [-0.05, 0) is 31.2 Å². The van der Waals surface area contributed by atoms with E-state index in [0.717, 1.165) is 16.3 Å². The first-order valence-electron chi connectivity index (χ1n) is 9.34. The third kappa shape index (κ3) is 4.16. The summed E-state index contributed by atoms with van der Waals surface area (Å²) < 4.78 is 7.19. The topological polar surface area (TPSA) is 125 Å². The molecule has 0 fully saturated rings. The zero-order valence-corrected chi connectivity index (χ0v) is 18.8. The number of hydrogen-bond donors (Lipinski definition) is 1. The molecule has 1 N–H and O–H groups in total. The van der Waals surface area contributed by atoms with Crippen molar-refractivity contribution in [1.82, 2.24) is 24.3 Å². The summed E-state index contributed by atoms with van der Waals surface area (Å²) in [5.41, 5.74) is -0.235. The lowest BCUT2D eigenvalue weighted by Crippen LogP contribution is -2.37. The molecule has 0 atom stereocenters. The first-order valence-corrected chi connectivity index (χ1v) is 10.7. The van der Waals surface area contributed by atoms with Crippen LogP contribution in [0.4, 0.5) is 5.82 Å². The van der Waals surface area contributed by atoms with E-state index in [1.54, 1.807) is 37.3 Å². The van der Waals surface area contributed by atoms with Gasteiger partial charge in [0.05, 0.1) is 5.75 Å². The molecule has 3 heterocycles. The Morgan fingerprint density at radius 2 is 1.88 bits per heavy atom. The smallest absolute Gasteiger partial charge is 0.332 e. The van der Waals surface area contributed by atoms with Gasteiger partial charge in [-0.15, -0.1) is 0 Å². The maximum absolute atomic E-state index is 12.9. The van der Waals surface area contributed by atoms with Crippen molar-refractivity contribution in [3.63, 3.8) is 0 Å². The number of carbonyl (C=O) groups excluding carboxylic acids is 1. The van der Waals surface area contributed by atoms with Gasteiger partial charge in [0, 0.05) is 30.7 Å². The Labute approximate surface area is 190 Å². The number of fused-ring (bicyclic) bond motifs is 1. The molecule has 4 aromatic rings. The van der Waals surface area contributed by atoms with Crippen LogP contribution in [0.3, 0.4) is 0 Å². The normalized spacial score (nSPS) is 11.1. The molecule has 0 spiro atoms. The van der Waals surface area contributed by atoms with Crippen LogP contribution in [0.2, 0.25) is 5.02 Å². The molecular formula is C20H17ClN6O4S. The Morgan fingerprint density at radius 1 is 1.16 bits per heavy atom. The summed E-state index contributed by atoms with van der Waals surface area (Å²) in [6, 6.07) is 8.43. The molecule has 1 amide bonds. The number of nitrogens with zero attached hydrogens (tertiary/aromatic N) is 5. The van der Waals surface area contributed by atoms with Gasteiger partial charge in [0.2, 0.25) is 5.91 Å². The largest absolute Gasteiger partial charge is 0.360 e. The molecule has 4 rings (SSSR count). The number of carbonyl (C=O) groups is 1. The van der Waals surface area contributed by atoms with Gasteiger partial charge < -0.3 is 9.84 Å². The van der Waals surface area contributed by atoms with Crippen LogP contribution >= 0.6 is 23.4 Å². The van der Waals surface area contributed by atoms with Crippen LogP contribution in [0.15, 0.2) is 49.5 Å². The number of aryl methyl sites for hydroxylation is 2. The van der Waals surface area contributed by atoms with Crippen LogP contribution < -0.4 is 16.6 Å². The Hall–Kier alpha value is -3.44. The van der Waals surface area contributed by atoms with Gasteiger partial charge in [-0.3, -0.25) is 18.7 Å². The fourth-order valence-corrected chi connectivity index (χ4v) is 3.94. The molecule has 32 heavy (non-hydrogen) atoms. The molecule has 0 aliphatic rings. The van der Waals surface area contributed by atoms with Crippen LogP contribution in [-0.2, 0) is 18.9 Å². The van der Waals surface area contributed by atoms with Crippen LogP contribution in [0.1, 0.15) is 5.76 Å². The molecule has 164 valence electrons. The fraction of sp³-hybridized carbons (Fsp3) is 0.200. The second-order valence-corrected chi connectivity index (χ2v) is 8.32. The van der Waals surface area contributed by atoms with Crippen molar-refractivity contribution in [3.8, 4) is 11.4 Å². The van der Waals surface area contributed by atoms with Crippen LogP contribution in [0.5, 0.6) is 0 Å². The van der Waals surface area contributed by atoms with Gasteiger partial charge in [-0.2, -0.15) is 0 Å². The fourth-order valence-electron chi connectivity index (χ4n) is 3.00. The molecule has 0 bridgehead atoms. The number of aromatic nitrogens is 5. The Bertz CT molecular complexity index is 1460. The highest BCUT2D eigenvalue weighted by atomic mass is 35.5. The average molecular weight is 473 g/mol. The van der Waals surface area contributed by atoms with E-state index < -0.39 is 11.2 Å². The summed E-state index contributed by atoms with van der Waals surface area (Å²) in [6.45, 7) is 1.71. The number of benzene rings is 1. The predicted molar refractivity (Wildman–Crippen MR) is 121 cm³/mol. The molecule has 0 unspecified atom stereocenters. The lowest BCUT2D eigenvalue weighted by molar-refractivity contribution is -0.113. The second kappa shape index (κ2) is 8.60. The summed E-state index contributed by atoms with van der Waals surface area (Å²) >= 11 is 7.03. The van der Waals surface area contributed by atoms with E-state index in [-0.39, 0.29) is 27.7 Å². The number of amides is 1. The molecule has 3 aromatic heterocycles. The van der Waals surface area contributed by atoms with Crippen LogP contribution in [-0.4, -0.2) is 35.9 Å². The highest BCUT2D eigenvalue weighted by molar-refractivity contribution is 8.00. The standard InChI is InChI=1S/C20H17ClN6O4S/c1-10-8-13(25-31-10)22-14(28)9-32-18-15-17(26(2)20(30)27(3)19(15)29)23-16(24-18)11-4-6-12(21)7-5-11/h4-8H,9H2,1-3H3,(H,22,25,28). The number of halogens is 1. The molecule has 12 heteroatoms. The number of thioether (sulfide) groups is 1. The minimum absolute atomic E-state index is 0.0515. The highest BCUT2D eigenvalue weighted by Gasteiger charge is 2.19. The number of nitrogens with one attached hydrogen (secondary N) is 1. The molecule has 0 aliphatic heterocycles. The minimum atomic E-state index is -0.541. The zero-order valence-electron chi connectivity index (χ0n) is 17.2. The van der Waals surface area contributed by atoms with E-state index in [2.05, 4.69) is 20.4 Å². The summed E-state index contributed by atoms with van der Waals surface area (Å²) in [4.78, 5) is 46.7. The highest BCUT2D eigenvalue weighted by Crippen LogP contribution is 2.27. The lowest BCUT2D eigenvalue weighted by atomic mass is 10.2. The van der Waals surface area contributed by atoms with E-state index in [9.17, 15) is 14.4 Å². The number of rotatable bonds is 5. The third-order valence-electron chi connectivity index (χ3n) is 4.60. The SMILES string of the molecule is Cc1cc(NC(=O)CSc2nc(-c3ccc(Cl)cc3)nc3c2c(=O)n(C)c(=O)n3C)no1. The third-order valence-corrected chi connectivity index (χ3v) is 5.83. The number of hydrogen-bond acceptors (Lipinski definition) is 8. The van der Waals surface area contributed by atoms with Gasteiger partial charge in [0.25, 0.3) is 5.56 Å². The average Bonchev–Trinajstić information content (AvgIpc) is 3.19. The maximum Gasteiger partial charge on any atom is 0.332 e. The van der Waals surface area contributed by atoms with Crippen LogP contribution in [0, 0.1) is 6.92 Å². The monoisotopic (exact) mass is 472 g/mol. The predicted octanol–water partition coefficient (Wildman–Crippen LogP) is 2.37. The quantitative estimate of drug-likeness (QED) is 0.346. The molecule has 0 aliphatic carbocycles. The zero-order chi connectivity index (χ0) is 23.0. The van der Waals surface area contributed by atoms with E-state index in [1.165, 1.54) is 18.7 Å². The van der Waals surface area contributed by atoms with Gasteiger partial charge >= 0.3 is 5.69 Å². The van der Waals surface area contributed by atoms with Crippen molar-refractivity contribution < 1.29 is 9.32 Å². The van der Waals surface area contributed by atoms with Crippen molar-refractivity contribution in [2.75, 3.05) is 11.1 Å². The summed E-state index contributed by atoms with van der Waals surface area (Å²) in [5.74, 6) is 0.745. The van der Waals surface area contributed by atoms with Crippen molar-refractivity contribution in [2.24, 2.45) is 14.1 Å². The maximum atomic E-state index is 12.9. The van der Waals surface area contributed by atoms with Crippen molar-refractivity contribution in [1.29, 1.82) is 0 Å². The first kappa shape index (κ1) is 21.8. The lowest BCUT2D eigenvalue weighted by Gasteiger charge is -2.12. The van der Waals surface area contributed by atoms with Gasteiger partial charge in [-0.1, -0.05) is 28.5 Å². The minimum Gasteiger partial charge on any atom is -0.360 e. The van der Waals surface area contributed by atoms with E-state index >= 15 is 0 Å². The Kier molecular flexibility index (Phi) is 5.85. The van der Waals surface area contributed by atoms with E-state index in [0.29, 0.717) is 28.0 Å². The van der Waals surface area contributed by atoms with Crippen molar-refractivity contribution in [3.05, 3.63) is 62.0 Å². The van der Waals surface area contributed by atoms with Gasteiger partial charge in [0.15, 0.2) is 17.3 Å². The summed E-state index contributed by atoms with van der Waals surface area (Å²) in [6.07, 6.45) is 0. The van der Waals surface area contributed by atoms with Crippen molar-refractivity contribution in [2.45, 2.75) is 11.9 Å². The molecule has 10 nitrogen and oxygen atoms in total. The molecule has 1 aromatic carbocycles. The molecule has 0 radical (unpaired) electrons. The van der Waals surface area contributed by atoms with E-state index in [1.807, 2.05) is 0 Å². The van der Waals surface area contributed by atoms with Gasteiger partial charge in [-0.25, -0.2) is 14.8 Å². The van der Waals surface area contributed by atoms with Crippen LogP contribution in [0.25, 0.3) is 22.4 Å².